The summed E-state index contributed by atoms with van der Waals surface area (Å²) in [6.07, 6.45) is 3.64. The molecule has 1 unspecified atom stereocenters. The van der Waals surface area contributed by atoms with Crippen LogP contribution >= 0.6 is 0 Å². The van der Waals surface area contributed by atoms with E-state index in [0.717, 1.165) is 47.0 Å². The predicted molar refractivity (Wildman–Crippen MR) is 126 cm³/mol. The van der Waals surface area contributed by atoms with Crippen LogP contribution in [0.3, 0.4) is 0 Å². The van der Waals surface area contributed by atoms with Crippen molar-refractivity contribution in [3.05, 3.63) is 95.6 Å². The van der Waals surface area contributed by atoms with E-state index in [1.54, 1.807) is 0 Å². The molecular formula is C27H30N2O2. The Labute approximate surface area is 184 Å². The molecule has 4 nitrogen and oxygen atoms in total. The largest absolute Gasteiger partial charge is 0.454 e. The summed E-state index contributed by atoms with van der Waals surface area (Å²) in [7, 11) is 0. The van der Waals surface area contributed by atoms with Gasteiger partial charge in [0.15, 0.2) is 11.5 Å². The molecule has 0 fully saturated rings. The first-order chi connectivity index (χ1) is 15.3. The minimum absolute atomic E-state index is 0.0356. The maximum absolute atomic E-state index is 5.63. The van der Waals surface area contributed by atoms with Crippen molar-refractivity contribution in [1.82, 2.24) is 5.32 Å². The topological polar surface area (TPSA) is 42.9 Å². The Morgan fingerprint density at radius 2 is 1.55 bits per heavy atom. The van der Waals surface area contributed by atoms with E-state index in [0.29, 0.717) is 0 Å². The van der Waals surface area contributed by atoms with Gasteiger partial charge in [-0.25, -0.2) is 0 Å². The van der Waals surface area contributed by atoms with Crippen molar-refractivity contribution in [2.45, 2.75) is 32.2 Å². The third-order valence-electron chi connectivity index (χ3n) is 5.46. The molecule has 4 rings (SSSR count). The molecule has 4 heteroatoms. The van der Waals surface area contributed by atoms with E-state index in [4.69, 9.17) is 14.5 Å². The Hall–Kier alpha value is -3.11. The molecule has 0 spiro atoms. The summed E-state index contributed by atoms with van der Waals surface area (Å²) in [5.74, 6) is 1.60. The molecule has 160 valence electrons. The number of nitrogens with one attached hydrogen (secondary N) is 1. The molecule has 3 aromatic rings. The summed E-state index contributed by atoms with van der Waals surface area (Å²) in [6, 6.07) is 26.9. The van der Waals surface area contributed by atoms with Crippen molar-refractivity contribution in [2.24, 2.45) is 4.99 Å². The molecule has 3 aromatic carbocycles. The lowest BCUT2D eigenvalue weighted by Crippen LogP contribution is -2.23. The Kier molecular flexibility index (Phi) is 7.35. The second-order valence-electron chi connectivity index (χ2n) is 7.75. The predicted octanol–water partition coefficient (Wildman–Crippen LogP) is 5.77. The lowest BCUT2D eigenvalue weighted by molar-refractivity contribution is 0.174. The number of ether oxygens (including phenoxy) is 2. The summed E-state index contributed by atoms with van der Waals surface area (Å²) >= 11 is 0. The third kappa shape index (κ3) is 5.53. The molecule has 1 N–H and O–H groups in total. The number of aliphatic imine (C=N–C) groups is 1. The van der Waals surface area contributed by atoms with Gasteiger partial charge in [-0.3, -0.25) is 4.99 Å². The van der Waals surface area contributed by atoms with Crippen molar-refractivity contribution in [3.8, 4) is 11.5 Å². The van der Waals surface area contributed by atoms with Gasteiger partial charge in [-0.2, -0.15) is 0 Å². The van der Waals surface area contributed by atoms with Gasteiger partial charge >= 0.3 is 0 Å². The molecule has 1 atom stereocenters. The average Bonchev–Trinajstić information content (AvgIpc) is 3.30. The number of rotatable bonds is 10. The highest BCUT2D eigenvalue weighted by Crippen LogP contribution is 2.35. The molecule has 0 radical (unpaired) electrons. The van der Waals surface area contributed by atoms with Crippen LogP contribution in [0.5, 0.6) is 11.5 Å². The van der Waals surface area contributed by atoms with Crippen molar-refractivity contribution in [3.63, 3.8) is 0 Å². The van der Waals surface area contributed by atoms with Crippen LogP contribution in [0, 0.1) is 0 Å². The van der Waals surface area contributed by atoms with E-state index in [1.807, 2.05) is 18.2 Å². The quantitative estimate of drug-likeness (QED) is 0.338. The van der Waals surface area contributed by atoms with E-state index in [2.05, 4.69) is 72.9 Å². The second-order valence-corrected chi connectivity index (χ2v) is 7.75. The molecular weight excluding hydrogens is 384 g/mol. The second kappa shape index (κ2) is 10.8. The van der Waals surface area contributed by atoms with E-state index in [1.165, 1.54) is 19.3 Å². The maximum Gasteiger partial charge on any atom is 0.231 e. The van der Waals surface area contributed by atoms with Crippen LogP contribution in [0.4, 0.5) is 0 Å². The van der Waals surface area contributed by atoms with Gasteiger partial charge in [-0.1, -0.05) is 86.5 Å². The number of fused-ring (bicyclic) bond motifs is 1. The highest BCUT2D eigenvalue weighted by atomic mass is 16.7. The van der Waals surface area contributed by atoms with Gasteiger partial charge in [-0.05, 0) is 30.7 Å². The Bertz CT molecular complexity index is 945. The van der Waals surface area contributed by atoms with Crippen LogP contribution in [0.15, 0.2) is 83.9 Å². The third-order valence-corrected chi connectivity index (χ3v) is 5.46. The summed E-state index contributed by atoms with van der Waals surface area (Å²) in [6.45, 7) is 4.27. The number of nitrogens with zero attached hydrogens (tertiary/aromatic N) is 1. The number of hydrogen-bond acceptors (Lipinski definition) is 4. The molecule has 1 aliphatic rings. The lowest BCUT2D eigenvalue weighted by atomic mass is 10.0. The van der Waals surface area contributed by atoms with Crippen LogP contribution in [0.1, 0.15) is 48.9 Å². The monoisotopic (exact) mass is 414 g/mol. The van der Waals surface area contributed by atoms with Gasteiger partial charge in [0.2, 0.25) is 6.79 Å². The summed E-state index contributed by atoms with van der Waals surface area (Å²) < 4.78 is 11.1. The zero-order valence-corrected chi connectivity index (χ0v) is 18.1. The van der Waals surface area contributed by atoms with Crippen LogP contribution in [-0.4, -0.2) is 25.6 Å². The average molecular weight is 415 g/mol. The van der Waals surface area contributed by atoms with Gasteiger partial charge in [-0.15, -0.1) is 0 Å². The zero-order valence-electron chi connectivity index (χ0n) is 18.1. The Balaban J connectivity index is 1.68. The SMILES string of the molecule is CCCCCNCC(N=C(c1ccccc1)c1ccccc1)c1ccc2c(c1)OCO2. The van der Waals surface area contributed by atoms with Crippen molar-refractivity contribution < 1.29 is 9.47 Å². The smallest absolute Gasteiger partial charge is 0.231 e. The van der Waals surface area contributed by atoms with Gasteiger partial charge in [0.05, 0.1) is 11.8 Å². The first-order valence-electron chi connectivity index (χ1n) is 11.1. The van der Waals surface area contributed by atoms with Crippen molar-refractivity contribution >= 4 is 5.71 Å². The van der Waals surface area contributed by atoms with E-state index < -0.39 is 0 Å². The molecule has 0 saturated heterocycles. The highest BCUT2D eigenvalue weighted by molar-refractivity contribution is 6.13. The van der Waals surface area contributed by atoms with Crippen LogP contribution < -0.4 is 14.8 Å². The summed E-state index contributed by atoms with van der Waals surface area (Å²) in [4.78, 5) is 5.29. The standard InChI is InChI=1S/C27H30N2O2/c1-2-3-10-17-28-19-24(23-15-16-25-26(18-23)31-20-30-25)29-27(21-11-6-4-7-12-21)22-13-8-5-9-14-22/h4-9,11-16,18,24,28H,2-3,10,17,19-20H2,1H3. The van der Waals surface area contributed by atoms with E-state index >= 15 is 0 Å². The number of unbranched alkanes of at least 4 members (excludes halogenated alkanes) is 2. The highest BCUT2D eigenvalue weighted by Gasteiger charge is 2.19. The molecule has 0 aromatic heterocycles. The molecule has 1 heterocycles. The Morgan fingerprint density at radius 3 is 2.23 bits per heavy atom. The van der Waals surface area contributed by atoms with Crippen LogP contribution in [0.2, 0.25) is 0 Å². The lowest BCUT2D eigenvalue weighted by Gasteiger charge is -2.18. The van der Waals surface area contributed by atoms with Crippen molar-refractivity contribution in [2.75, 3.05) is 19.9 Å². The van der Waals surface area contributed by atoms with Gasteiger partial charge in [0.25, 0.3) is 0 Å². The number of hydrogen-bond donors (Lipinski definition) is 1. The molecule has 0 amide bonds. The molecule has 1 aliphatic heterocycles. The van der Waals surface area contributed by atoms with Gasteiger partial charge in [0.1, 0.15) is 0 Å². The zero-order chi connectivity index (χ0) is 21.3. The first-order valence-corrected chi connectivity index (χ1v) is 11.1. The fraction of sp³-hybridized carbons (Fsp3) is 0.296. The molecule has 31 heavy (non-hydrogen) atoms. The minimum atomic E-state index is -0.0356. The minimum Gasteiger partial charge on any atom is -0.454 e. The fourth-order valence-corrected chi connectivity index (χ4v) is 3.76. The molecule has 0 bridgehead atoms. The summed E-state index contributed by atoms with van der Waals surface area (Å²) in [5.41, 5.74) is 4.35. The first kappa shape index (κ1) is 21.1. The molecule has 0 aliphatic carbocycles. The number of benzene rings is 3. The van der Waals surface area contributed by atoms with Crippen LogP contribution in [-0.2, 0) is 0 Å². The summed E-state index contributed by atoms with van der Waals surface area (Å²) in [5, 5.41) is 3.62. The maximum atomic E-state index is 5.63. The Morgan fingerprint density at radius 1 is 0.871 bits per heavy atom. The van der Waals surface area contributed by atoms with E-state index in [-0.39, 0.29) is 12.8 Å². The molecule has 0 saturated carbocycles. The van der Waals surface area contributed by atoms with Crippen LogP contribution in [0.25, 0.3) is 0 Å². The fourth-order valence-electron chi connectivity index (χ4n) is 3.76. The normalized spacial score (nSPS) is 13.1. The van der Waals surface area contributed by atoms with Gasteiger partial charge in [0, 0.05) is 17.7 Å². The van der Waals surface area contributed by atoms with Gasteiger partial charge < -0.3 is 14.8 Å². The van der Waals surface area contributed by atoms with Crippen molar-refractivity contribution in [1.29, 1.82) is 0 Å². The van der Waals surface area contributed by atoms with E-state index in [9.17, 15) is 0 Å².